The van der Waals surface area contributed by atoms with Crippen molar-refractivity contribution in [2.24, 2.45) is 0 Å². The smallest absolute Gasteiger partial charge is 0.396 e. The van der Waals surface area contributed by atoms with Gasteiger partial charge in [0.05, 0.1) is 23.1 Å². The number of aromatic nitrogens is 2. The number of nitrogens with zero attached hydrogens (tertiary/aromatic N) is 1. The van der Waals surface area contributed by atoms with Crippen molar-refractivity contribution in [3.05, 3.63) is 35.8 Å². The van der Waals surface area contributed by atoms with Crippen molar-refractivity contribution in [1.29, 1.82) is 0 Å². The van der Waals surface area contributed by atoms with Gasteiger partial charge in [0.2, 0.25) is 0 Å². The molecular formula is C10H7F4N3. The third-order valence-electron chi connectivity index (χ3n) is 2.23. The van der Waals surface area contributed by atoms with Crippen molar-refractivity contribution >= 4 is 5.69 Å². The first-order valence-corrected chi connectivity index (χ1v) is 4.55. The van der Waals surface area contributed by atoms with E-state index in [9.17, 15) is 17.6 Å². The van der Waals surface area contributed by atoms with E-state index < -0.39 is 17.6 Å². The lowest BCUT2D eigenvalue weighted by Gasteiger charge is -2.08. The highest BCUT2D eigenvalue weighted by atomic mass is 19.4. The maximum Gasteiger partial charge on any atom is 0.419 e. The van der Waals surface area contributed by atoms with Crippen LogP contribution in [0.5, 0.6) is 0 Å². The van der Waals surface area contributed by atoms with Crippen molar-refractivity contribution in [2.75, 3.05) is 5.73 Å². The van der Waals surface area contributed by atoms with Gasteiger partial charge >= 0.3 is 6.18 Å². The van der Waals surface area contributed by atoms with Crippen LogP contribution in [-0.4, -0.2) is 10.2 Å². The molecule has 90 valence electrons. The second-order valence-electron chi connectivity index (χ2n) is 3.39. The summed E-state index contributed by atoms with van der Waals surface area (Å²) in [6, 6.07) is 2.58. The average Bonchev–Trinajstić information content (AvgIpc) is 2.62. The molecule has 17 heavy (non-hydrogen) atoms. The van der Waals surface area contributed by atoms with E-state index >= 15 is 0 Å². The fraction of sp³-hybridized carbons (Fsp3) is 0.100. The van der Waals surface area contributed by atoms with Gasteiger partial charge in [0, 0.05) is 5.56 Å². The van der Waals surface area contributed by atoms with E-state index in [1.54, 1.807) is 0 Å². The number of H-pyrrole nitrogens is 1. The van der Waals surface area contributed by atoms with E-state index in [0.717, 1.165) is 12.1 Å². The Kier molecular flexibility index (Phi) is 2.53. The number of hydrogen-bond acceptors (Lipinski definition) is 2. The third kappa shape index (κ3) is 2.08. The number of nitrogens with one attached hydrogen (secondary N) is 1. The Morgan fingerprint density at radius 3 is 2.41 bits per heavy atom. The molecule has 0 aliphatic rings. The second-order valence-corrected chi connectivity index (χ2v) is 3.39. The highest BCUT2D eigenvalue weighted by Crippen LogP contribution is 2.33. The van der Waals surface area contributed by atoms with Crippen molar-refractivity contribution in [3.63, 3.8) is 0 Å². The molecule has 0 amide bonds. The van der Waals surface area contributed by atoms with Crippen molar-refractivity contribution in [2.45, 2.75) is 6.18 Å². The lowest BCUT2D eigenvalue weighted by atomic mass is 10.1. The predicted octanol–water partition coefficient (Wildman–Crippen LogP) is 2.82. The van der Waals surface area contributed by atoms with Gasteiger partial charge in [0.25, 0.3) is 0 Å². The van der Waals surface area contributed by atoms with E-state index in [1.807, 2.05) is 0 Å². The molecule has 0 radical (unpaired) electrons. The standard InChI is InChI=1S/C10H7F4N3/c11-7-3-5(9-8(15)4-16-17-9)1-2-6(7)10(12,13)14/h1-4H,15H2,(H,16,17). The van der Waals surface area contributed by atoms with Crippen molar-refractivity contribution < 1.29 is 17.6 Å². The number of benzene rings is 1. The van der Waals surface area contributed by atoms with E-state index in [-0.39, 0.29) is 16.9 Å². The summed E-state index contributed by atoms with van der Waals surface area (Å²) in [4.78, 5) is 0. The number of anilines is 1. The zero-order valence-corrected chi connectivity index (χ0v) is 8.35. The maximum absolute atomic E-state index is 13.3. The molecule has 0 fully saturated rings. The first-order chi connectivity index (χ1) is 7.89. The molecule has 3 nitrogen and oxygen atoms in total. The molecule has 3 N–H and O–H groups in total. The number of hydrogen-bond donors (Lipinski definition) is 2. The minimum atomic E-state index is -4.71. The van der Waals surface area contributed by atoms with Crippen LogP contribution in [-0.2, 0) is 6.18 Å². The molecule has 0 aliphatic heterocycles. The van der Waals surface area contributed by atoms with Crippen LogP contribution in [0.1, 0.15) is 5.56 Å². The topological polar surface area (TPSA) is 54.7 Å². The fourth-order valence-electron chi connectivity index (χ4n) is 1.43. The van der Waals surface area contributed by atoms with Crippen LogP contribution in [0, 0.1) is 5.82 Å². The summed E-state index contributed by atoms with van der Waals surface area (Å²) in [7, 11) is 0. The number of nitrogens with two attached hydrogens (primary N) is 1. The molecular weight excluding hydrogens is 238 g/mol. The van der Waals surface area contributed by atoms with Crippen LogP contribution in [0.15, 0.2) is 24.4 Å². The lowest BCUT2D eigenvalue weighted by Crippen LogP contribution is -2.07. The third-order valence-corrected chi connectivity index (χ3v) is 2.23. The summed E-state index contributed by atoms with van der Waals surface area (Å²) in [5, 5.41) is 6.09. The number of aromatic amines is 1. The number of nitrogen functional groups attached to an aromatic ring is 1. The molecule has 0 saturated heterocycles. The molecule has 0 spiro atoms. The number of halogens is 4. The molecule has 1 aromatic carbocycles. The lowest BCUT2D eigenvalue weighted by molar-refractivity contribution is -0.139. The van der Waals surface area contributed by atoms with Gasteiger partial charge in [0.1, 0.15) is 5.82 Å². The SMILES string of the molecule is Nc1cn[nH]c1-c1ccc(C(F)(F)F)c(F)c1. The predicted molar refractivity (Wildman–Crippen MR) is 53.4 cm³/mol. The molecule has 1 aromatic heterocycles. The van der Waals surface area contributed by atoms with Gasteiger partial charge in [-0.25, -0.2) is 4.39 Å². The van der Waals surface area contributed by atoms with Crippen LogP contribution < -0.4 is 5.73 Å². The molecule has 7 heteroatoms. The Hall–Kier alpha value is -2.05. The zero-order chi connectivity index (χ0) is 12.6. The molecule has 0 unspecified atom stereocenters. The largest absolute Gasteiger partial charge is 0.419 e. The van der Waals surface area contributed by atoms with Crippen LogP contribution >= 0.6 is 0 Å². The van der Waals surface area contributed by atoms with Crippen LogP contribution in [0.4, 0.5) is 23.2 Å². The van der Waals surface area contributed by atoms with Crippen LogP contribution in [0.25, 0.3) is 11.3 Å². The first kappa shape index (κ1) is 11.4. The van der Waals surface area contributed by atoms with E-state index in [4.69, 9.17) is 5.73 Å². The number of alkyl halides is 3. The van der Waals surface area contributed by atoms with Crippen LogP contribution in [0.2, 0.25) is 0 Å². The van der Waals surface area contributed by atoms with E-state index in [1.165, 1.54) is 6.20 Å². The Morgan fingerprint density at radius 1 is 1.24 bits per heavy atom. The van der Waals surface area contributed by atoms with Gasteiger partial charge in [-0.05, 0) is 12.1 Å². The second kappa shape index (κ2) is 3.76. The Bertz CT molecular complexity index is 545. The first-order valence-electron chi connectivity index (χ1n) is 4.55. The highest BCUT2D eigenvalue weighted by molar-refractivity contribution is 5.71. The maximum atomic E-state index is 13.3. The van der Waals surface area contributed by atoms with E-state index in [0.29, 0.717) is 6.07 Å². The highest BCUT2D eigenvalue weighted by Gasteiger charge is 2.34. The van der Waals surface area contributed by atoms with Crippen molar-refractivity contribution in [3.8, 4) is 11.3 Å². The number of rotatable bonds is 1. The quantitative estimate of drug-likeness (QED) is 0.759. The van der Waals surface area contributed by atoms with E-state index in [2.05, 4.69) is 10.2 Å². The van der Waals surface area contributed by atoms with Crippen LogP contribution in [0.3, 0.4) is 0 Å². The van der Waals surface area contributed by atoms with Gasteiger partial charge in [-0.15, -0.1) is 0 Å². The summed E-state index contributed by atoms with van der Waals surface area (Å²) in [5.74, 6) is -1.34. The summed E-state index contributed by atoms with van der Waals surface area (Å²) in [6.07, 6.45) is -3.41. The average molecular weight is 245 g/mol. The fourth-order valence-corrected chi connectivity index (χ4v) is 1.43. The summed E-state index contributed by atoms with van der Waals surface area (Å²) in [5.41, 5.74) is 4.94. The van der Waals surface area contributed by atoms with Gasteiger partial charge < -0.3 is 5.73 Å². The molecule has 2 aromatic rings. The molecule has 0 aliphatic carbocycles. The summed E-state index contributed by atoms with van der Waals surface area (Å²) >= 11 is 0. The Balaban J connectivity index is 2.49. The Labute approximate surface area is 93.3 Å². The molecule has 2 rings (SSSR count). The van der Waals surface area contributed by atoms with Crippen molar-refractivity contribution in [1.82, 2.24) is 10.2 Å². The van der Waals surface area contributed by atoms with Gasteiger partial charge in [0.15, 0.2) is 0 Å². The minimum Gasteiger partial charge on any atom is -0.396 e. The monoisotopic (exact) mass is 245 g/mol. The van der Waals surface area contributed by atoms with Gasteiger partial charge in [-0.3, -0.25) is 5.10 Å². The zero-order valence-electron chi connectivity index (χ0n) is 8.35. The molecule has 1 heterocycles. The van der Waals surface area contributed by atoms with Gasteiger partial charge in [-0.1, -0.05) is 6.07 Å². The normalized spacial score (nSPS) is 11.8. The minimum absolute atomic E-state index is 0.213. The Morgan fingerprint density at radius 2 is 1.94 bits per heavy atom. The molecule has 0 saturated carbocycles. The molecule has 0 atom stereocenters. The summed E-state index contributed by atoms with van der Waals surface area (Å²) < 4.78 is 50.2. The summed E-state index contributed by atoms with van der Waals surface area (Å²) in [6.45, 7) is 0. The van der Waals surface area contributed by atoms with Gasteiger partial charge in [-0.2, -0.15) is 18.3 Å². The molecule has 0 bridgehead atoms.